The largest absolute Gasteiger partial charge is 0.348 e. The van der Waals surface area contributed by atoms with Crippen LogP contribution in [0.3, 0.4) is 0 Å². The zero-order valence-corrected chi connectivity index (χ0v) is 99.2. The fourth-order valence-corrected chi connectivity index (χ4v) is 20.0. The number of hydrogen-bond donors (Lipinski definition) is 1. The summed E-state index contributed by atoms with van der Waals surface area (Å²) in [5, 5.41) is 23.7. The van der Waals surface area contributed by atoms with Crippen molar-refractivity contribution in [1.82, 2.24) is 102 Å². The molecule has 3 amide bonds. The Morgan fingerprint density at radius 2 is 0.959 bits per heavy atom. The minimum atomic E-state index is -2.99. The van der Waals surface area contributed by atoms with Crippen LogP contribution < -0.4 is 0 Å². The van der Waals surface area contributed by atoms with Gasteiger partial charge in [-0.1, -0.05) is 125 Å². The molecule has 0 spiro atoms. The molecule has 147 heavy (non-hydrogen) atoms. The number of aryl methyl sites for hydroxylation is 7. The van der Waals surface area contributed by atoms with Crippen LogP contribution in [-0.2, 0) is 140 Å². The number of carbonyl (C=O) groups is 8. The number of sulfone groups is 2. The summed E-state index contributed by atoms with van der Waals surface area (Å²) < 4.78 is 76.8. The quantitative estimate of drug-likeness (QED) is 0.0437. The second-order valence-corrected chi connectivity index (χ2v) is 51.4. The van der Waals surface area contributed by atoms with Gasteiger partial charge in [-0.2, -0.15) is 29.8 Å². The second-order valence-electron chi connectivity index (χ2n) is 45.0. The van der Waals surface area contributed by atoms with Crippen LogP contribution in [0.25, 0.3) is 0 Å². The third-order valence-corrected chi connectivity index (χ3v) is 31.6. The first-order valence-electron chi connectivity index (χ1n) is 53.6. The monoisotopic (exact) mass is 2120 g/mol. The fourth-order valence-electron chi connectivity index (χ4n) is 16.9. The molecule has 13 rings (SSSR count). The number of nitrogens with one attached hydrogen (secondary N) is 1. The van der Waals surface area contributed by atoms with Crippen LogP contribution in [0.5, 0.6) is 0 Å². The van der Waals surface area contributed by atoms with Gasteiger partial charge in [0.25, 0.3) is 0 Å². The van der Waals surface area contributed by atoms with Crippen molar-refractivity contribution in [3.8, 4) is 0 Å². The molecule has 7 aliphatic rings. The molecule has 12 heterocycles. The summed E-state index contributed by atoms with van der Waals surface area (Å²) in [7, 11) is 8.43. The lowest BCUT2D eigenvalue weighted by Gasteiger charge is -2.36. The molecular formula is C109H195N21O14S3. The molecule has 1 aliphatic carbocycles. The average molecular weight is 2120 g/mol. The first kappa shape index (κ1) is 133. The highest BCUT2D eigenvalue weighted by molar-refractivity contribution is 7.91. The van der Waals surface area contributed by atoms with Gasteiger partial charge in [-0.05, 0) is 183 Å². The van der Waals surface area contributed by atoms with Gasteiger partial charge in [0.2, 0.25) is 27.7 Å². The number of piperidine rings is 1. The Balaban J connectivity index is 0.000000416. The van der Waals surface area contributed by atoms with Gasteiger partial charge < -0.3 is 29.1 Å². The number of piperazine rings is 2. The van der Waals surface area contributed by atoms with Crippen molar-refractivity contribution in [3.63, 3.8) is 0 Å². The molecule has 6 aromatic rings. The lowest BCUT2D eigenvalue weighted by atomic mass is 9.81. The van der Waals surface area contributed by atoms with Crippen molar-refractivity contribution in [1.29, 1.82) is 0 Å². The van der Waals surface area contributed by atoms with Crippen molar-refractivity contribution < 1.29 is 63.6 Å². The number of H-pyrrole nitrogens is 1. The molecule has 1 N–H and O–H groups in total. The van der Waals surface area contributed by atoms with Gasteiger partial charge in [0.1, 0.15) is 51.2 Å². The van der Waals surface area contributed by atoms with Gasteiger partial charge in [-0.3, -0.25) is 76.9 Å². The number of aromatic nitrogens is 12. The summed E-state index contributed by atoms with van der Waals surface area (Å²) in [5.41, 5.74) is 10.8. The van der Waals surface area contributed by atoms with Crippen molar-refractivity contribution in [3.05, 3.63) is 106 Å². The van der Waals surface area contributed by atoms with E-state index in [9.17, 15) is 63.6 Å². The minimum Gasteiger partial charge on any atom is -0.348 e. The summed E-state index contributed by atoms with van der Waals surface area (Å²) in [4.78, 5) is 112. The Morgan fingerprint density at radius 3 is 1.38 bits per heavy atom. The summed E-state index contributed by atoms with van der Waals surface area (Å²) in [6.45, 7) is 61.1. The smallest absolute Gasteiger partial charge is 0.243 e. The van der Waals surface area contributed by atoms with Gasteiger partial charge >= 0.3 is 0 Å². The summed E-state index contributed by atoms with van der Waals surface area (Å²) in [6, 6.07) is 1.14. The van der Waals surface area contributed by atoms with Crippen LogP contribution in [-0.4, -0.2) is 344 Å². The highest BCUT2D eigenvalue weighted by atomic mass is 32.2. The standard InChI is InChI=1S/C11H17N3O.C11H23N3O.C11H18N2O.C11H21NO.C10H17N3O.C10H16N2O.C10H16N2.C10H18O3S.C9H17NO.C8H14N2O2S.C8H18N2O2S/c1-8(2)11(15)14-5-4-10-9(7-14)6-12-13(10)3;1-10(2)14-7-5-13(6-8-14)9-11(15)12(3)4;1-8(2)11(14)6-5-10-7-13(4)12-9(10)3;1-9(2)11(13)8-10-4-6-12(3)7-5-10;1-8(2)9-5-11-13(6-9)7-10(14)12(3)4;1-8(2)10(13)5-4-9-6-11-7-12(9)3;1-7(2)8-3-4-10-9(5-8)6-11-12-10;1-8(2)10(11)7-9-3-5-14(12,13)6-4-9;1-7(2)9(11)4-8-5-10(3)6-8;1-7(2)8-4-9-10(5-8)6-13(3,11)12;1-8(2)9-4-6-10(7-5-9)13(3,11)12/h6,8H,4-5,7H2,1-3H3;10H,5-9H2,1-4H3;7-8H,5-6H2,1-4H3;9-10H,4-8H2,1-3H3;5-6,8H,7H2,1-4H3;6-8H,4-5H2,1-3H3;6-8H,3-5H2,1-2H3,(H,11,12);8-9H,3-7H2,1-2H3;7-8H,4-6H2,1-3H3;4-5,7H,6H2,1-3H3;8H,4-7H2,1-3H3. The van der Waals surface area contributed by atoms with Crippen LogP contribution in [0.15, 0.2) is 55.9 Å². The molecule has 0 aromatic carbocycles. The molecule has 0 bridgehead atoms. The van der Waals surface area contributed by atoms with Crippen molar-refractivity contribution in [2.45, 2.75) is 298 Å². The Labute approximate surface area is 886 Å². The van der Waals surface area contributed by atoms with E-state index in [1.165, 1.54) is 77.4 Å². The van der Waals surface area contributed by atoms with E-state index in [0.717, 1.165) is 145 Å². The number of rotatable bonds is 30. The molecule has 0 radical (unpaired) electrons. The van der Waals surface area contributed by atoms with E-state index >= 15 is 0 Å². The highest BCUT2D eigenvalue weighted by Crippen LogP contribution is 2.30. The van der Waals surface area contributed by atoms with Gasteiger partial charge in [-0.15, -0.1) is 0 Å². The number of fused-ring (bicyclic) bond motifs is 2. The predicted molar refractivity (Wildman–Crippen MR) is 591 cm³/mol. The predicted octanol–water partition coefficient (Wildman–Crippen LogP) is 13.3. The fraction of sp³-hybridized carbons (Fsp3) is 0.761. The van der Waals surface area contributed by atoms with Crippen LogP contribution >= 0.6 is 0 Å². The Kier molecular flexibility index (Phi) is 59.4. The zero-order valence-electron chi connectivity index (χ0n) is 96.8. The Hall–Kier alpha value is -8.37. The molecule has 38 heteroatoms. The Morgan fingerprint density at radius 1 is 0.490 bits per heavy atom. The highest BCUT2D eigenvalue weighted by Gasteiger charge is 2.32. The molecule has 6 aliphatic heterocycles. The maximum absolute atomic E-state index is 11.8. The second kappa shape index (κ2) is 65.8. The van der Waals surface area contributed by atoms with E-state index in [4.69, 9.17) is 0 Å². The van der Waals surface area contributed by atoms with E-state index in [1.807, 2.05) is 190 Å². The summed E-state index contributed by atoms with van der Waals surface area (Å²) >= 11 is 0. The maximum Gasteiger partial charge on any atom is 0.243 e. The van der Waals surface area contributed by atoms with Gasteiger partial charge in [0, 0.05) is 268 Å². The third-order valence-electron chi connectivity index (χ3n) is 27.8. The lowest BCUT2D eigenvalue weighted by molar-refractivity contribution is -0.135. The number of hydrogen-bond acceptors (Lipinski definition) is 25. The van der Waals surface area contributed by atoms with Crippen molar-refractivity contribution in [2.75, 3.05) is 158 Å². The number of likely N-dealkylation sites (N-methyl/N-ethyl adjacent to an activating group) is 2. The third kappa shape index (κ3) is 52.5. The first-order valence-corrected chi connectivity index (χ1v) is 59.3. The number of imidazole rings is 1. The number of sulfonamides is 1. The van der Waals surface area contributed by atoms with E-state index in [-0.39, 0.29) is 76.4 Å². The normalized spacial score (nSPS) is 17.0. The van der Waals surface area contributed by atoms with Gasteiger partial charge in [0.05, 0.1) is 61.1 Å². The summed E-state index contributed by atoms with van der Waals surface area (Å²) in [6.07, 6.45) is 32.5. The lowest BCUT2D eigenvalue weighted by Crippen LogP contribution is -2.51. The van der Waals surface area contributed by atoms with Crippen molar-refractivity contribution >= 4 is 76.3 Å². The van der Waals surface area contributed by atoms with Gasteiger partial charge in [-0.25, -0.2) is 30.2 Å². The van der Waals surface area contributed by atoms with E-state index < -0.39 is 29.7 Å². The van der Waals surface area contributed by atoms with E-state index in [0.29, 0.717) is 123 Å². The summed E-state index contributed by atoms with van der Waals surface area (Å²) in [5.74, 6) is 7.79. The molecule has 35 nitrogen and oxygen atoms in total. The molecule has 0 saturated carbocycles. The first-order chi connectivity index (χ1) is 68.4. The number of aromatic amines is 1. The van der Waals surface area contributed by atoms with Gasteiger partial charge in [0.15, 0.2) is 9.84 Å². The molecule has 1 unspecified atom stereocenters. The van der Waals surface area contributed by atoms with E-state index in [2.05, 4.69) is 130 Å². The molecular weight excluding hydrogens is 1920 g/mol. The molecule has 838 valence electrons. The number of carbonyl (C=O) groups excluding carboxylic acids is 8. The molecule has 5 fully saturated rings. The number of nitrogens with zero attached hydrogens (tertiary/aromatic N) is 20. The van der Waals surface area contributed by atoms with Crippen LogP contribution in [0.4, 0.5) is 0 Å². The number of ketones is 5. The maximum atomic E-state index is 11.8. The topological polar surface area (TPSA) is 386 Å². The number of likely N-dealkylation sites (tertiary alicyclic amines) is 2. The Bertz CT molecular complexity index is 5220. The molecule has 6 aromatic heterocycles. The van der Waals surface area contributed by atoms with Crippen molar-refractivity contribution in [2.24, 2.45) is 86.2 Å². The average Bonchev–Trinajstić information content (AvgIpc) is 1.67. The molecule has 1 atom stereocenters. The SMILES string of the molecule is CC(C)C(=O)CC1CCN(C)CC1.CC(C)C(=O)CC1CCS(=O)(=O)CC1.CC(C)C(=O)CC1CN(C)C1.CC(C)C(=O)CCc1cncn1C.CC(C)C(=O)N1CCc2c(cnn2C)C1.CC(C)C1CCc2[nH]ncc2C1.CC(C)N1CCN(CC(=O)N(C)C)CC1.CC(C)N1CCN(S(C)(=O)=O)CC1.CC(C)c1cnn(CC(=O)N(C)C)c1.CC(C)c1cnn(CS(C)(=O)=O)c1.Cc1nn(C)cc1CCC(=O)C(C)C. The zero-order chi connectivity index (χ0) is 111. The van der Waals surface area contributed by atoms with Crippen LogP contribution in [0.2, 0.25) is 0 Å². The molecule has 5 saturated heterocycles. The van der Waals surface area contributed by atoms with Crippen LogP contribution in [0.1, 0.15) is 279 Å². The van der Waals surface area contributed by atoms with E-state index in [1.54, 1.807) is 56.3 Å². The number of amides is 3. The number of Topliss-reactive ketones (excluding diaryl/α,β-unsaturated/α-hetero) is 5. The van der Waals surface area contributed by atoms with Crippen LogP contribution in [0, 0.1) is 72.0 Å². The minimum absolute atomic E-state index is 0.0419.